The molecule has 13 heavy (non-hydrogen) atoms. The first-order chi connectivity index (χ1) is 5.88. The van der Waals surface area contributed by atoms with Gasteiger partial charge in [-0.2, -0.15) is 13.2 Å². The maximum absolute atomic E-state index is 11.5. The van der Waals surface area contributed by atoms with Crippen LogP contribution in [-0.2, 0) is 9.53 Å². The number of hydrogen-bond donors (Lipinski definition) is 2. The van der Waals surface area contributed by atoms with Crippen LogP contribution in [0.1, 0.15) is 6.42 Å². The van der Waals surface area contributed by atoms with Crippen molar-refractivity contribution in [3.05, 3.63) is 0 Å². The third-order valence-corrected chi connectivity index (χ3v) is 1.13. The monoisotopic (exact) mass is 202 g/mol. The van der Waals surface area contributed by atoms with Crippen LogP contribution in [0.5, 0.6) is 0 Å². The average molecular weight is 202 g/mol. The van der Waals surface area contributed by atoms with E-state index in [4.69, 9.17) is 10.2 Å². The Bertz CT molecular complexity index is 168. The van der Waals surface area contributed by atoms with Gasteiger partial charge in [-0.1, -0.05) is 0 Å². The molecular formula is C6H9F3O4. The molecule has 0 rings (SSSR count). The molecule has 0 amide bonds. The van der Waals surface area contributed by atoms with Crippen LogP contribution in [0.25, 0.3) is 0 Å². The van der Waals surface area contributed by atoms with Gasteiger partial charge in [0.15, 0.2) is 0 Å². The number of carbonyl (C=O) groups is 1. The van der Waals surface area contributed by atoms with Crippen LogP contribution in [-0.4, -0.2) is 41.7 Å². The molecule has 0 saturated carbocycles. The summed E-state index contributed by atoms with van der Waals surface area (Å²) in [6, 6.07) is 0. The molecular weight excluding hydrogens is 193 g/mol. The topological polar surface area (TPSA) is 66.8 Å². The second kappa shape index (κ2) is 5.03. The third kappa shape index (κ3) is 5.42. The van der Waals surface area contributed by atoms with E-state index in [0.29, 0.717) is 0 Å². The van der Waals surface area contributed by atoms with E-state index in [2.05, 4.69) is 4.74 Å². The maximum Gasteiger partial charge on any atom is 0.490 e. The van der Waals surface area contributed by atoms with Crippen molar-refractivity contribution < 1.29 is 32.9 Å². The van der Waals surface area contributed by atoms with Crippen LogP contribution in [0.2, 0.25) is 0 Å². The number of carbonyl (C=O) groups excluding carboxylic acids is 1. The van der Waals surface area contributed by atoms with Crippen molar-refractivity contribution in [3.63, 3.8) is 0 Å². The van der Waals surface area contributed by atoms with Gasteiger partial charge < -0.3 is 14.9 Å². The van der Waals surface area contributed by atoms with Gasteiger partial charge in [-0.15, -0.1) is 0 Å². The molecule has 0 saturated heterocycles. The molecule has 0 aliphatic rings. The summed E-state index contributed by atoms with van der Waals surface area (Å²) in [6.07, 6.45) is -6.40. The molecule has 0 aromatic rings. The molecule has 0 aromatic heterocycles. The van der Waals surface area contributed by atoms with Crippen LogP contribution in [0.4, 0.5) is 13.2 Å². The molecule has 0 spiro atoms. The molecule has 0 radical (unpaired) electrons. The van der Waals surface area contributed by atoms with E-state index >= 15 is 0 Å². The van der Waals surface area contributed by atoms with Crippen LogP contribution in [0, 0.1) is 0 Å². The molecule has 0 aliphatic carbocycles. The lowest BCUT2D eigenvalue weighted by Gasteiger charge is -2.09. The number of aliphatic hydroxyl groups is 2. The zero-order chi connectivity index (χ0) is 10.5. The van der Waals surface area contributed by atoms with Gasteiger partial charge in [-0.05, 0) is 0 Å². The van der Waals surface area contributed by atoms with Crippen molar-refractivity contribution in [1.29, 1.82) is 0 Å². The minimum absolute atomic E-state index is 0.224. The van der Waals surface area contributed by atoms with Crippen LogP contribution < -0.4 is 0 Å². The number of halogens is 3. The van der Waals surface area contributed by atoms with Crippen molar-refractivity contribution >= 4 is 5.97 Å². The van der Waals surface area contributed by atoms with E-state index in [1.165, 1.54) is 0 Å². The number of aliphatic hydroxyl groups excluding tert-OH is 2. The smallest absolute Gasteiger partial charge is 0.459 e. The number of esters is 1. The largest absolute Gasteiger partial charge is 0.490 e. The van der Waals surface area contributed by atoms with E-state index in [9.17, 15) is 18.0 Å². The predicted molar refractivity (Wildman–Crippen MR) is 34.7 cm³/mol. The Morgan fingerprint density at radius 3 is 2.38 bits per heavy atom. The predicted octanol–water partition coefficient (Wildman–Crippen LogP) is -0.165. The lowest BCUT2D eigenvalue weighted by atomic mass is 10.3. The Morgan fingerprint density at radius 1 is 1.46 bits per heavy atom. The second-order valence-electron chi connectivity index (χ2n) is 2.26. The van der Waals surface area contributed by atoms with Gasteiger partial charge in [0, 0.05) is 6.42 Å². The van der Waals surface area contributed by atoms with E-state index in [1.54, 1.807) is 0 Å². The molecule has 4 nitrogen and oxygen atoms in total. The van der Waals surface area contributed by atoms with Gasteiger partial charge in [0.05, 0.1) is 19.3 Å². The number of hydrogen-bond acceptors (Lipinski definition) is 4. The fraction of sp³-hybridized carbons (Fsp3) is 0.833. The zero-order valence-electron chi connectivity index (χ0n) is 6.54. The highest BCUT2D eigenvalue weighted by Gasteiger charge is 2.40. The van der Waals surface area contributed by atoms with Crippen molar-refractivity contribution in [2.24, 2.45) is 0 Å². The molecule has 78 valence electrons. The molecule has 2 N–H and O–H groups in total. The molecule has 0 bridgehead atoms. The van der Waals surface area contributed by atoms with E-state index in [1.807, 2.05) is 0 Å². The summed E-state index contributed by atoms with van der Waals surface area (Å²) in [5.74, 6) is -2.29. The van der Waals surface area contributed by atoms with Gasteiger partial charge in [-0.3, -0.25) is 0 Å². The Labute approximate surface area is 71.9 Å². The van der Waals surface area contributed by atoms with Gasteiger partial charge in [-0.25, -0.2) is 4.79 Å². The summed E-state index contributed by atoms with van der Waals surface area (Å²) >= 11 is 0. The lowest BCUT2D eigenvalue weighted by Crippen LogP contribution is -2.27. The zero-order valence-corrected chi connectivity index (χ0v) is 6.54. The summed E-state index contributed by atoms with van der Waals surface area (Å²) in [5, 5.41) is 16.9. The molecule has 0 aromatic carbocycles. The first-order valence-electron chi connectivity index (χ1n) is 3.40. The molecule has 7 heteroatoms. The summed E-state index contributed by atoms with van der Waals surface area (Å²) in [5.41, 5.74) is 0. The fourth-order valence-corrected chi connectivity index (χ4v) is 0.461. The summed E-state index contributed by atoms with van der Waals surface area (Å²) < 4.78 is 38.2. The first-order valence-corrected chi connectivity index (χ1v) is 3.40. The van der Waals surface area contributed by atoms with Crippen molar-refractivity contribution in [3.8, 4) is 0 Å². The molecule has 1 atom stereocenters. The molecule has 0 heterocycles. The van der Waals surface area contributed by atoms with Crippen LogP contribution in [0.15, 0.2) is 0 Å². The Kier molecular flexibility index (Phi) is 4.71. The van der Waals surface area contributed by atoms with Gasteiger partial charge in [0.2, 0.25) is 0 Å². The molecule has 1 unspecified atom stereocenters. The molecule has 0 aliphatic heterocycles. The Balaban J connectivity index is 3.60. The highest BCUT2D eigenvalue weighted by atomic mass is 19.4. The number of alkyl halides is 3. The van der Waals surface area contributed by atoms with Crippen molar-refractivity contribution in [2.75, 3.05) is 13.2 Å². The van der Waals surface area contributed by atoms with Crippen molar-refractivity contribution in [1.82, 2.24) is 0 Å². The van der Waals surface area contributed by atoms with Gasteiger partial charge in [0.25, 0.3) is 0 Å². The van der Waals surface area contributed by atoms with E-state index in [0.717, 1.165) is 0 Å². The summed E-state index contributed by atoms with van der Waals surface area (Å²) in [4.78, 5) is 10.0. The number of ether oxygens (including phenoxy) is 1. The maximum atomic E-state index is 11.5. The highest BCUT2D eigenvalue weighted by molar-refractivity contribution is 5.75. The normalized spacial score (nSPS) is 13.9. The Hall–Kier alpha value is -0.820. The Morgan fingerprint density at radius 2 is 2.00 bits per heavy atom. The third-order valence-electron chi connectivity index (χ3n) is 1.13. The number of rotatable bonds is 4. The molecule has 0 fully saturated rings. The van der Waals surface area contributed by atoms with E-state index < -0.39 is 31.5 Å². The van der Waals surface area contributed by atoms with Crippen LogP contribution in [0.3, 0.4) is 0 Å². The van der Waals surface area contributed by atoms with Gasteiger partial charge in [0.1, 0.15) is 0 Å². The van der Waals surface area contributed by atoms with Crippen LogP contribution >= 0.6 is 0 Å². The SMILES string of the molecule is O=C(OCCC(O)CO)C(F)(F)F. The first kappa shape index (κ1) is 12.2. The summed E-state index contributed by atoms with van der Waals surface area (Å²) in [6.45, 7) is -1.15. The van der Waals surface area contributed by atoms with Crippen molar-refractivity contribution in [2.45, 2.75) is 18.7 Å². The standard InChI is InChI=1S/C6H9F3O4/c7-6(8,9)5(12)13-2-1-4(11)3-10/h4,10-11H,1-3H2. The summed E-state index contributed by atoms with van der Waals surface area (Å²) in [7, 11) is 0. The second-order valence-corrected chi connectivity index (χ2v) is 2.26. The fourth-order valence-electron chi connectivity index (χ4n) is 0.461. The van der Waals surface area contributed by atoms with E-state index in [-0.39, 0.29) is 6.42 Å². The quantitative estimate of drug-likeness (QED) is 0.621. The minimum Gasteiger partial charge on any atom is -0.459 e. The lowest BCUT2D eigenvalue weighted by molar-refractivity contribution is -0.200. The van der Waals surface area contributed by atoms with Gasteiger partial charge >= 0.3 is 12.1 Å². The minimum atomic E-state index is -5.01. The highest BCUT2D eigenvalue weighted by Crippen LogP contribution is 2.16. The average Bonchev–Trinajstić information content (AvgIpc) is 2.02.